The lowest BCUT2D eigenvalue weighted by Crippen LogP contribution is -2.04. The van der Waals surface area contributed by atoms with Gasteiger partial charge in [-0.05, 0) is 18.1 Å². The van der Waals surface area contributed by atoms with E-state index >= 15 is 0 Å². The van der Waals surface area contributed by atoms with Crippen LogP contribution in [-0.2, 0) is 0 Å². The van der Waals surface area contributed by atoms with E-state index in [1.54, 1.807) is 18.2 Å². The molecule has 0 saturated carbocycles. The fraction of sp³-hybridized carbons (Fsp3) is 0.364. The zero-order valence-electron chi connectivity index (χ0n) is 8.18. The van der Waals surface area contributed by atoms with Crippen molar-refractivity contribution in [3.05, 3.63) is 33.8 Å². The van der Waals surface area contributed by atoms with E-state index in [0.717, 1.165) is 0 Å². The Balaban J connectivity index is 3.00. The number of benzene rings is 1. The lowest BCUT2D eigenvalue weighted by molar-refractivity contribution is 0.0968. The molecule has 0 heterocycles. The molecule has 0 aliphatic rings. The summed E-state index contributed by atoms with van der Waals surface area (Å²) >= 11 is 11.8. The Labute approximate surface area is 94.0 Å². The molecule has 76 valence electrons. The van der Waals surface area contributed by atoms with Gasteiger partial charge in [-0.3, -0.25) is 4.79 Å². The highest BCUT2D eigenvalue weighted by atomic mass is 35.5. The van der Waals surface area contributed by atoms with E-state index in [1.165, 1.54) is 0 Å². The molecule has 3 heteroatoms. The Morgan fingerprint density at radius 3 is 2.21 bits per heavy atom. The number of hydrogen-bond acceptors (Lipinski definition) is 1. The van der Waals surface area contributed by atoms with Crippen LogP contribution in [-0.4, -0.2) is 5.78 Å². The van der Waals surface area contributed by atoms with Crippen LogP contribution in [0.15, 0.2) is 18.2 Å². The summed E-state index contributed by atoms with van der Waals surface area (Å²) in [5.74, 6) is 0.324. The minimum atomic E-state index is 0.00981. The molecule has 0 amide bonds. The first-order valence-corrected chi connectivity index (χ1v) is 5.25. The van der Waals surface area contributed by atoms with Crippen LogP contribution >= 0.6 is 23.2 Å². The Morgan fingerprint density at radius 2 is 1.79 bits per heavy atom. The van der Waals surface area contributed by atoms with Gasteiger partial charge in [-0.2, -0.15) is 0 Å². The molecule has 0 N–H and O–H groups in total. The van der Waals surface area contributed by atoms with Gasteiger partial charge in [-0.15, -0.1) is 0 Å². The van der Waals surface area contributed by atoms with Crippen LogP contribution in [0.2, 0.25) is 10.0 Å². The van der Waals surface area contributed by atoms with Gasteiger partial charge in [0.15, 0.2) is 5.78 Å². The van der Waals surface area contributed by atoms with Crippen molar-refractivity contribution in [3.63, 3.8) is 0 Å². The first-order valence-electron chi connectivity index (χ1n) is 4.49. The van der Waals surface area contributed by atoms with Gasteiger partial charge in [0.25, 0.3) is 0 Å². The topological polar surface area (TPSA) is 17.1 Å². The van der Waals surface area contributed by atoms with Gasteiger partial charge in [0, 0.05) is 6.42 Å². The Bertz CT molecular complexity index is 325. The van der Waals surface area contributed by atoms with E-state index in [-0.39, 0.29) is 5.78 Å². The van der Waals surface area contributed by atoms with Crippen LogP contribution in [0.4, 0.5) is 0 Å². The van der Waals surface area contributed by atoms with Crippen LogP contribution in [0.3, 0.4) is 0 Å². The first kappa shape index (κ1) is 11.5. The van der Waals surface area contributed by atoms with Crippen molar-refractivity contribution in [1.29, 1.82) is 0 Å². The molecule has 0 aliphatic carbocycles. The van der Waals surface area contributed by atoms with E-state index in [4.69, 9.17) is 23.2 Å². The van der Waals surface area contributed by atoms with Crippen molar-refractivity contribution in [2.75, 3.05) is 0 Å². The zero-order valence-corrected chi connectivity index (χ0v) is 9.69. The third kappa shape index (κ3) is 2.73. The van der Waals surface area contributed by atoms with Crippen molar-refractivity contribution in [2.24, 2.45) is 5.92 Å². The fourth-order valence-corrected chi connectivity index (χ4v) is 1.85. The van der Waals surface area contributed by atoms with Crippen LogP contribution in [0.25, 0.3) is 0 Å². The maximum absolute atomic E-state index is 11.7. The normalized spacial score (nSPS) is 10.6. The standard InChI is InChI=1S/C11H12Cl2O/c1-7(2)6-10(14)11-8(12)4-3-5-9(11)13/h3-5,7H,6H2,1-2H3. The highest BCUT2D eigenvalue weighted by molar-refractivity contribution is 6.39. The predicted octanol–water partition coefficient (Wildman–Crippen LogP) is 4.22. The minimum absolute atomic E-state index is 0.00981. The smallest absolute Gasteiger partial charge is 0.166 e. The van der Waals surface area contributed by atoms with Gasteiger partial charge in [0.05, 0.1) is 15.6 Å². The molecule has 0 unspecified atom stereocenters. The van der Waals surface area contributed by atoms with E-state index < -0.39 is 0 Å². The molecular formula is C11H12Cl2O. The molecule has 0 aliphatic heterocycles. The molecule has 0 atom stereocenters. The summed E-state index contributed by atoms with van der Waals surface area (Å²) in [5, 5.41) is 0.867. The van der Waals surface area contributed by atoms with E-state index in [1.807, 2.05) is 13.8 Å². The summed E-state index contributed by atoms with van der Waals surface area (Å²) in [6.45, 7) is 3.98. The molecule has 0 fully saturated rings. The highest BCUT2D eigenvalue weighted by Gasteiger charge is 2.15. The average Bonchev–Trinajstić information content (AvgIpc) is 2.01. The first-order chi connectivity index (χ1) is 6.52. The number of hydrogen-bond donors (Lipinski definition) is 0. The summed E-state index contributed by atoms with van der Waals surface area (Å²) in [4.78, 5) is 11.7. The average molecular weight is 231 g/mol. The number of rotatable bonds is 3. The number of Topliss-reactive ketones (excluding diaryl/α,β-unsaturated/α-hetero) is 1. The van der Waals surface area contributed by atoms with Crippen LogP contribution < -0.4 is 0 Å². The SMILES string of the molecule is CC(C)CC(=O)c1c(Cl)cccc1Cl. The van der Waals surface area contributed by atoms with E-state index in [2.05, 4.69) is 0 Å². The molecule has 1 aromatic carbocycles. The highest BCUT2D eigenvalue weighted by Crippen LogP contribution is 2.26. The van der Waals surface area contributed by atoms with Crippen LogP contribution in [0, 0.1) is 5.92 Å². The summed E-state index contributed by atoms with van der Waals surface area (Å²) in [6, 6.07) is 5.10. The Kier molecular flexibility index (Phi) is 3.97. The van der Waals surface area contributed by atoms with Crippen molar-refractivity contribution in [1.82, 2.24) is 0 Å². The number of halogens is 2. The molecule has 14 heavy (non-hydrogen) atoms. The van der Waals surface area contributed by atoms with Gasteiger partial charge in [0.2, 0.25) is 0 Å². The molecule has 0 aromatic heterocycles. The van der Waals surface area contributed by atoms with Crippen LogP contribution in [0.5, 0.6) is 0 Å². The molecular weight excluding hydrogens is 219 g/mol. The second-order valence-electron chi connectivity index (χ2n) is 3.62. The van der Waals surface area contributed by atoms with E-state index in [0.29, 0.717) is 27.9 Å². The number of ketones is 1. The summed E-state index contributed by atoms with van der Waals surface area (Å²) < 4.78 is 0. The molecule has 0 saturated heterocycles. The second kappa shape index (κ2) is 4.81. The van der Waals surface area contributed by atoms with Gasteiger partial charge in [0.1, 0.15) is 0 Å². The maximum atomic E-state index is 11.7. The third-order valence-electron chi connectivity index (χ3n) is 1.84. The molecule has 0 bridgehead atoms. The lowest BCUT2D eigenvalue weighted by atomic mass is 10.0. The van der Waals surface area contributed by atoms with Gasteiger partial charge < -0.3 is 0 Å². The van der Waals surface area contributed by atoms with Crippen molar-refractivity contribution < 1.29 is 4.79 Å². The van der Waals surface area contributed by atoms with Gasteiger partial charge in [-0.1, -0.05) is 43.1 Å². The summed E-state index contributed by atoms with van der Waals surface area (Å²) in [6.07, 6.45) is 0.476. The minimum Gasteiger partial charge on any atom is -0.294 e. The fourth-order valence-electron chi connectivity index (χ4n) is 1.24. The monoisotopic (exact) mass is 230 g/mol. The Morgan fingerprint density at radius 1 is 1.29 bits per heavy atom. The van der Waals surface area contributed by atoms with Gasteiger partial charge in [-0.25, -0.2) is 0 Å². The van der Waals surface area contributed by atoms with Crippen molar-refractivity contribution >= 4 is 29.0 Å². The summed E-state index contributed by atoms with van der Waals surface area (Å²) in [5.41, 5.74) is 0.449. The molecule has 0 spiro atoms. The predicted molar refractivity (Wildman–Crippen MR) is 60.2 cm³/mol. The Hall–Kier alpha value is -0.530. The third-order valence-corrected chi connectivity index (χ3v) is 2.47. The number of carbonyl (C=O) groups excluding carboxylic acids is 1. The molecule has 1 aromatic rings. The zero-order chi connectivity index (χ0) is 10.7. The second-order valence-corrected chi connectivity index (χ2v) is 4.43. The van der Waals surface area contributed by atoms with Gasteiger partial charge >= 0.3 is 0 Å². The quantitative estimate of drug-likeness (QED) is 0.711. The van der Waals surface area contributed by atoms with Crippen LogP contribution in [0.1, 0.15) is 30.6 Å². The molecule has 1 nitrogen and oxygen atoms in total. The summed E-state index contributed by atoms with van der Waals surface area (Å²) in [7, 11) is 0. The van der Waals surface area contributed by atoms with Crippen molar-refractivity contribution in [3.8, 4) is 0 Å². The lowest BCUT2D eigenvalue weighted by Gasteiger charge is -2.07. The van der Waals surface area contributed by atoms with E-state index in [9.17, 15) is 4.79 Å². The number of carbonyl (C=O) groups is 1. The van der Waals surface area contributed by atoms with Crippen molar-refractivity contribution in [2.45, 2.75) is 20.3 Å². The molecule has 0 radical (unpaired) electrons. The molecule has 1 rings (SSSR count). The largest absolute Gasteiger partial charge is 0.294 e. The maximum Gasteiger partial charge on any atom is 0.166 e.